The van der Waals surface area contributed by atoms with Crippen LogP contribution >= 0.6 is 0 Å². The maximum Gasteiger partial charge on any atom is 0.137 e. The molecule has 4 heteroatoms. The molecule has 4 nitrogen and oxygen atoms in total. The lowest BCUT2D eigenvalue weighted by atomic mass is 10.2. The van der Waals surface area contributed by atoms with Crippen molar-refractivity contribution < 1.29 is 4.74 Å². The molecule has 0 fully saturated rings. The minimum atomic E-state index is 0.581. The maximum absolute atomic E-state index is 9.14. The number of nitriles is 1. The number of hydrogen-bond donors (Lipinski definition) is 1. The van der Waals surface area contributed by atoms with Gasteiger partial charge in [-0.1, -0.05) is 27.7 Å². The third kappa shape index (κ3) is 7.01. The van der Waals surface area contributed by atoms with Gasteiger partial charge in [0.05, 0.1) is 5.56 Å². The fraction of sp³-hybridized carbons (Fsp3) is 0.588. The molecule has 0 radical (unpaired) electrons. The van der Waals surface area contributed by atoms with E-state index in [1.807, 2.05) is 39.0 Å². The normalized spacial score (nSPS) is 9.57. The first-order valence-corrected chi connectivity index (χ1v) is 7.88. The van der Waals surface area contributed by atoms with Crippen molar-refractivity contribution in [3.8, 4) is 11.8 Å². The van der Waals surface area contributed by atoms with Crippen LogP contribution in [0.4, 0.5) is 5.69 Å². The van der Waals surface area contributed by atoms with E-state index in [1.54, 1.807) is 0 Å². The monoisotopic (exact) mass is 291 g/mol. The predicted octanol–water partition coefficient (Wildman–Crippen LogP) is 3.74. The SMILES string of the molecule is CC.CCNc1ccc(OCCN(CC)CC)c(C#N)c1. The first kappa shape index (κ1) is 19.3. The minimum Gasteiger partial charge on any atom is -0.491 e. The van der Waals surface area contributed by atoms with Crippen molar-refractivity contribution >= 4 is 5.69 Å². The summed E-state index contributed by atoms with van der Waals surface area (Å²) in [6, 6.07) is 7.81. The van der Waals surface area contributed by atoms with Gasteiger partial charge in [0.15, 0.2) is 0 Å². The van der Waals surface area contributed by atoms with Gasteiger partial charge in [-0.05, 0) is 38.2 Å². The Morgan fingerprint density at radius 3 is 2.38 bits per heavy atom. The fourth-order valence-electron chi connectivity index (χ4n) is 1.88. The quantitative estimate of drug-likeness (QED) is 0.792. The Hall–Kier alpha value is -1.73. The maximum atomic E-state index is 9.14. The number of nitrogens with zero attached hydrogens (tertiary/aromatic N) is 2. The van der Waals surface area contributed by atoms with Crippen molar-refractivity contribution in [2.45, 2.75) is 34.6 Å². The summed E-state index contributed by atoms with van der Waals surface area (Å²) in [6.45, 7) is 14.7. The molecule has 1 N–H and O–H groups in total. The van der Waals surface area contributed by atoms with Crippen LogP contribution < -0.4 is 10.1 Å². The molecule has 118 valence electrons. The molecule has 0 amide bonds. The van der Waals surface area contributed by atoms with Gasteiger partial charge in [-0.15, -0.1) is 0 Å². The molecule has 0 saturated carbocycles. The Bertz CT molecular complexity index is 423. The van der Waals surface area contributed by atoms with Crippen molar-refractivity contribution in [1.29, 1.82) is 5.26 Å². The van der Waals surface area contributed by atoms with Crippen molar-refractivity contribution in [3.05, 3.63) is 23.8 Å². The number of likely N-dealkylation sites (N-methyl/N-ethyl adjacent to an activating group) is 1. The summed E-state index contributed by atoms with van der Waals surface area (Å²) in [5.74, 6) is 0.663. The van der Waals surface area contributed by atoms with E-state index in [0.717, 1.165) is 31.9 Å². The third-order valence-corrected chi connectivity index (χ3v) is 3.04. The van der Waals surface area contributed by atoms with Gasteiger partial charge in [0.1, 0.15) is 18.4 Å². The Balaban J connectivity index is 0.00000191. The first-order chi connectivity index (χ1) is 10.2. The number of ether oxygens (including phenoxy) is 1. The lowest BCUT2D eigenvalue weighted by Gasteiger charge is -2.18. The highest BCUT2D eigenvalue weighted by molar-refractivity contribution is 5.55. The summed E-state index contributed by atoms with van der Waals surface area (Å²) < 4.78 is 5.70. The highest BCUT2D eigenvalue weighted by Gasteiger charge is 2.05. The molecular formula is C17H29N3O. The predicted molar refractivity (Wildman–Crippen MR) is 90.0 cm³/mol. The lowest BCUT2D eigenvalue weighted by molar-refractivity contribution is 0.222. The molecule has 0 heterocycles. The van der Waals surface area contributed by atoms with Gasteiger partial charge in [0.2, 0.25) is 0 Å². The lowest BCUT2D eigenvalue weighted by Crippen LogP contribution is -2.28. The van der Waals surface area contributed by atoms with Gasteiger partial charge in [-0.25, -0.2) is 0 Å². The van der Waals surface area contributed by atoms with E-state index in [-0.39, 0.29) is 0 Å². The highest BCUT2D eigenvalue weighted by Crippen LogP contribution is 2.22. The second kappa shape index (κ2) is 12.0. The molecule has 0 aliphatic rings. The molecule has 0 aromatic heterocycles. The number of benzene rings is 1. The average molecular weight is 291 g/mol. The van der Waals surface area contributed by atoms with Crippen molar-refractivity contribution in [2.24, 2.45) is 0 Å². The van der Waals surface area contributed by atoms with Crippen LogP contribution in [0.3, 0.4) is 0 Å². The van der Waals surface area contributed by atoms with E-state index >= 15 is 0 Å². The molecule has 0 spiro atoms. The molecule has 21 heavy (non-hydrogen) atoms. The summed E-state index contributed by atoms with van der Waals surface area (Å²) in [6.07, 6.45) is 0. The van der Waals surface area contributed by atoms with Crippen molar-refractivity contribution in [1.82, 2.24) is 4.90 Å². The number of hydrogen-bond acceptors (Lipinski definition) is 4. The van der Waals surface area contributed by atoms with Gasteiger partial charge in [-0.2, -0.15) is 5.26 Å². The number of rotatable bonds is 8. The van der Waals surface area contributed by atoms with E-state index in [0.29, 0.717) is 17.9 Å². The molecular weight excluding hydrogens is 262 g/mol. The zero-order valence-electron chi connectivity index (χ0n) is 14.1. The topological polar surface area (TPSA) is 48.3 Å². The van der Waals surface area contributed by atoms with Crippen LogP contribution in [0.2, 0.25) is 0 Å². The largest absolute Gasteiger partial charge is 0.491 e. The number of anilines is 1. The average Bonchev–Trinajstić information content (AvgIpc) is 2.54. The van der Waals surface area contributed by atoms with Gasteiger partial charge in [0, 0.05) is 18.8 Å². The van der Waals surface area contributed by atoms with E-state index < -0.39 is 0 Å². The molecule has 0 unspecified atom stereocenters. The van der Waals surface area contributed by atoms with Gasteiger partial charge >= 0.3 is 0 Å². The minimum absolute atomic E-state index is 0.581. The van der Waals surface area contributed by atoms with Crippen LogP contribution in [-0.4, -0.2) is 37.7 Å². The molecule has 1 aromatic carbocycles. The van der Waals surface area contributed by atoms with Crippen LogP contribution in [0.15, 0.2) is 18.2 Å². The molecule has 0 bridgehead atoms. The Kier molecular flexibility index (Phi) is 11.1. The van der Waals surface area contributed by atoms with E-state index in [2.05, 4.69) is 30.1 Å². The summed E-state index contributed by atoms with van der Waals surface area (Å²) in [7, 11) is 0. The van der Waals surface area contributed by atoms with Crippen molar-refractivity contribution in [2.75, 3.05) is 38.1 Å². The summed E-state index contributed by atoms with van der Waals surface area (Å²) >= 11 is 0. The van der Waals surface area contributed by atoms with Crippen LogP contribution in [0, 0.1) is 11.3 Å². The first-order valence-electron chi connectivity index (χ1n) is 7.88. The van der Waals surface area contributed by atoms with Crippen LogP contribution in [0.25, 0.3) is 0 Å². The molecule has 0 atom stereocenters. The standard InChI is InChI=1S/C15H23N3O.C2H6/c1-4-17-14-7-8-15(13(11-14)12-16)19-10-9-18(5-2)6-3;1-2/h7-8,11,17H,4-6,9-10H2,1-3H3;1-2H3. The van der Waals surface area contributed by atoms with Crippen molar-refractivity contribution in [3.63, 3.8) is 0 Å². The van der Waals surface area contributed by atoms with Gasteiger partial charge < -0.3 is 15.0 Å². The molecule has 0 aliphatic carbocycles. The van der Waals surface area contributed by atoms with E-state index in [9.17, 15) is 0 Å². The Labute approximate surface area is 129 Å². The Morgan fingerprint density at radius 1 is 1.19 bits per heavy atom. The molecule has 0 saturated heterocycles. The van der Waals surface area contributed by atoms with Gasteiger partial charge in [-0.3, -0.25) is 0 Å². The van der Waals surface area contributed by atoms with E-state index in [4.69, 9.17) is 10.00 Å². The Morgan fingerprint density at radius 2 is 1.86 bits per heavy atom. The summed E-state index contributed by atoms with van der Waals surface area (Å²) in [4.78, 5) is 2.29. The summed E-state index contributed by atoms with van der Waals surface area (Å²) in [5.41, 5.74) is 1.54. The number of nitrogens with one attached hydrogen (secondary N) is 1. The fourth-order valence-corrected chi connectivity index (χ4v) is 1.88. The zero-order chi connectivity index (χ0) is 16.1. The van der Waals surface area contributed by atoms with Crippen LogP contribution in [0.1, 0.15) is 40.2 Å². The molecule has 1 aromatic rings. The highest BCUT2D eigenvalue weighted by atomic mass is 16.5. The van der Waals surface area contributed by atoms with Crippen LogP contribution in [-0.2, 0) is 0 Å². The second-order valence-corrected chi connectivity index (χ2v) is 4.23. The second-order valence-electron chi connectivity index (χ2n) is 4.23. The van der Waals surface area contributed by atoms with Gasteiger partial charge in [0.25, 0.3) is 0 Å². The summed E-state index contributed by atoms with van der Waals surface area (Å²) in [5, 5.41) is 12.3. The molecule has 0 aliphatic heterocycles. The zero-order valence-corrected chi connectivity index (χ0v) is 14.1. The van der Waals surface area contributed by atoms with Crippen LogP contribution in [0.5, 0.6) is 5.75 Å². The third-order valence-electron chi connectivity index (χ3n) is 3.04. The van der Waals surface area contributed by atoms with E-state index in [1.165, 1.54) is 0 Å². The molecule has 1 rings (SSSR count). The smallest absolute Gasteiger partial charge is 0.137 e.